The van der Waals surface area contributed by atoms with Gasteiger partial charge in [-0.2, -0.15) is 0 Å². The number of amides is 2. The van der Waals surface area contributed by atoms with Crippen molar-refractivity contribution in [3.05, 3.63) is 68.7 Å². The van der Waals surface area contributed by atoms with Gasteiger partial charge in [0.1, 0.15) is 6.04 Å². The largest absolute Gasteiger partial charge is 0.352 e. The zero-order chi connectivity index (χ0) is 23.7. The summed E-state index contributed by atoms with van der Waals surface area (Å²) in [7, 11) is 0. The quantitative estimate of drug-likeness (QED) is 0.367. The third kappa shape index (κ3) is 7.87. The predicted molar refractivity (Wildman–Crippen MR) is 137 cm³/mol. The molecule has 2 aromatic rings. The van der Waals surface area contributed by atoms with Crippen molar-refractivity contribution in [1.29, 1.82) is 0 Å². The molecule has 0 bridgehead atoms. The summed E-state index contributed by atoms with van der Waals surface area (Å²) in [5.74, 6) is 0.590. The Kier molecular flexibility index (Phi) is 11.2. The lowest BCUT2D eigenvalue weighted by atomic mass is 10.1. The van der Waals surface area contributed by atoms with Crippen LogP contribution in [0.3, 0.4) is 0 Å². The second kappa shape index (κ2) is 13.3. The smallest absolute Gasteiger partial charge is 0.243 e. The first-order valence-electron chi connectivity index (χ1n) is 10.6. The minimum absolute atomic E-state index is 0.0353. The first-order valence-corrected chi connectivity index (χ1v) is 12.9. The number of thioether (sulfide) groups is 1. The summed E-state index contributed by atoms with van der Waals surface area (Å²) < 4.78 is 0. The van der Waals surface area contributed by atoms with Gasteiger partial charge in [-0.25, -0.2) is 0 Å². The van der Waals surface area contributed by atoms with Gasteiger partial charge < -0.3 is 10.2 Å². The van der Waals surface area contributed by atoms with Crippen molar-refractivity contribution in [1.82, 2.24) is 10.2 Å². The fraction of sp³-hybridized carbons (Fsp3) is 0.417. The van der Waals surface area contributed by atoms with Crippen molar-refractivity contribution in [3.8, 4) is 0 Å². The highest BCUT2D eigenvalue weighted by Crippen LogP contribution is 2.25. The summed E-state index contributed by atoms with van der Waals surface area (Å²) in [6.45, 7) is 6.15. The molecular formula is C24H29Cl3N2O2S. The molecule has 32 heavy (non-hydrogen) atoms. The van der Waals surface area contributed by atoms with Crippen LogP contribution < -0.4 is 5.32 Å². The molecule has 2 amide bonds. The first-order chi connectivity index (χ1) is 15.3. The summed E-state index contributed by atoms with van der Waals surface area (Å²) >= 11 is 19.9. The molecule has 8 heteroatoms. The molecule has 2 aromatic carbocycles. The molecule has 0 spiro atoms. The average molecular weight is 516 g/mol. The van der Waals surface area contributed by atoms with Crippen LogP contribution in [0.5, 0.6) is 0 Å². The summed E-state index contributed by atoms with van der Waals surface area (Å²) in [5.41, 5.74) is 1.79. The first kappa shape index (κ1) is 26.8. The van der Waals surface area contributed by atoms with E-state index in [1.165, 1.54) is 11.8 Å². The number of benzene rings is 2. The van der Waals surface area contributed by atoms with Gasteiger partial charge in [0, 0.05) is 23.4 Å². The van der Waals surface area contributed by atoms with Crippen LogP contribution in [0.1, 0.15) is 44.7 Å². The van der Waals surface area contributed by atoms with Crippen molar-refractivity contribution in [2.24, 2.45) is 0 Å². The Morgan fingerprint density at radius 1 is 1.00 bits per heavy atom. The van der Waals surface area contributed by atoms with Crippen LogP contribution in [0.4, 0.5) is 0 Å². The summed E-state index contributed by atoms with van der Waals surface area (Å²) in [4.78, 5) is 27.9. The molecule has 0 aromatic heterocycles. The number of carbonyl (C=O) groups is 2. The Bertz CT molecular complexity index is 926. The highest BCUT2D eigenvalue weighted by atomic mass is 35.5. The second-order valence-electron chi connectivity index (χ2n) is 7.60. The highest BCUT2D eigenvalue weighted by Gasteiger charge is 2.29. The van der Waals surface area contributed by atoms with Gasteiger partial charge in [-0.05, 0) is 49.1 Å². The molecule has 2 atom stereocenters. The molecule has 1 N–H and O–H groups in total. The lowest BCUT2D eigenvalue weighted by Gasteiger charge is -2.31. The molecule has 0 unspecified atom stereocenters. The normalized spacial score (nSPS) is 12.8. The van der Waals surface area contributed by atoms with Crippen molar-refractivity contribution in [2.45, 2.75) is 58.0 Å². The average Bonchev–Trinajstić information content (AvgIpc) is 2.77. The van der Waals surface area contributed by atoms with Crippen LogP contribution >= 0.6 is 46.6 Å². The van der Waals surface area contributed by atoms with Gasteiger partial charge in [0.25, 0.3) is 0 Å². The number of hydrogen-bond acceptors (Lipinski definition) is 3. The standard InChI is InChI=1S/C24H29Cl3N2O2S/c1-4-16(3)28-24(31)22(5-2)29(13-17-10-11-20(26)21(27)12-17)23(30)15-32-14-18-8-6-7-9-19(18)25/h6-12,16,22H,4-5,13-15H2,1-3H3,(H,28,31)/t16-,22+/m1/s1. The van der Waals surface area contributed by atoms with E-state index in [0.29, 0.717) is 27.2 Å². The van der Waals surface area contributed by atoms with Crippen molar-refractivity contribution >= 4 is 58.4 Å². The molecule has 0 aliphatic heterocycles. The maximum atomic E-state index is 13.3. The maximum absolute atomic E-state index is 13.3. The van der Waals surface area contributed by atoms with E-state index in [2.05, 4.69) is 5.32 Å². The second-order valence-corrected chi connectivity index (χ2v) is 9.80. The summed E-state index contributed by atoms with van der Waals surface area (Å²) in [6, 6.07) is 12.3. The Morgan fingerprint density at radius 3 is 2.34 bits per heavy atom. The number of nitrogens with zero attached hydrogens (tertiary/aromatic N) is 1. The minimum Gasteiger partial charge on any atom is -0.352 e. The summed E-state index contributed by atoms with van der Waals surface area (Å²) in [5, 5.41) is 4.55. The zero-order valence-electron chi connectivity index (χ0n) is 18.5. The highest BCUT2D eigenvalue weighted by molar-refractivity contribution is 7.99. The van der Waals surface area contributed by atoms with Gasteiger partial charge in [-0.15, -0.1) is 11.8 Å². The van der Waals surface area contributed by atoms with Crippen molar-refractivity contribution in [2.75, 3.05) is 5.75 Å². The minimum atomic E-state index is -0.577. The van der Waals surface area contributed by atoms with E-state index < -0.39 is 6.04 Å². The van der Waals surface area contributed by atoms with E-state index in [9.17, 15) is 9.59 Å². The zero-order valence-corrected chi connectivity index (χ0v) is 21.6. The summed E-state index contributed by atoms with van der Waals surface area (Å²) in [6.07, 6.45) is 1.32. The maximum Gasteiger partial charge on any atom is 0.243 e. The van der Waals surface area contributed by atoms with E-state index in [1.807, 2.05) is 51.1 Å². The fourth-order valence-corrected chi connectivity index (χ4v) is 4.66. The number of carbonyl (C=O) groups excluding carboxylic acids is 2. The number of hydrogen-bond donors (Lipinski definition) is 1. The molecule has 0 radical (unpaired) electrons. The number of halogens is 3. The molecule has 0 aliphatic rings. The monoisotopic (exact) mass is 514 g/mol. The topological polar surface area (TPSA) is 49.4 Å². The van der Waals surface area contributed by atoms with Crippen LogP contribution in [0.15, 0.2) is 42.5 Å². The Hall–Kier alpha value is -1.40. The Morgan fingerprint density at radius 2 is 1.72 bits per heavy atom. The molecule has 174 valence electrons. The molecule has 4 nitrogen and oxygen atoms in total. The molecule has 0 fully saturated rings. The van der Waals surface area contributed by atoms with Gasteiger partial charge in [0.15, 0.2) is 0 Å². The van der Waals surface area contributed by atoms with Crippen LogP contribution in [-0.4, -0.2) is 34.6 Å². The van der Waals surface area contributed by atoms with Gasteiger partial charge in [-0.3, -0.25) is 9.59 Å². The lowest BCUT2D eigenvalue weighted by Crippen LogP contribution is -2.51. The SMILES string of the molecule is CC[C@@H](C)NC(=O)[C@H](CC)N(Cc1ccc(Cl)c(Cl)c1)C(=O)CSCc1ccccc1Cl. The van der Waals surface area contributed by atoms with E-state index in [1.54, 1.807) is 17.0 Å². The Labute approximate surface area is 210 Å². The van der Waals surface area contributed by atoms with Gasteiger partial charge in [0.05, 0.1) is 15.8 Å². The lowest BCUT2D eigenvalue weighted by molar-refractivity contribution is -0.139. The predicted octanol–water partition coefficient (Wildman–Crippen LogP) is 6.60. The van der Waals surface area contributed by atoms with Crippen LogP contribution in [-0.2, 0) is 21.9 Å². The number of nitrogens with one attached hydrogen (secondary N) is 1. The molecule has 0 aliphatic carbocycles. The molecule has 0 saturated heterocycles. The van der Waals surface area contributed by atoms with E-state index in [0.717, 1.165) is 17.5 Å². The van der Waals surface area contributed by atoms with Crippen molar-refractivity contribution in [3.63, 3.8) is 0 Å². The third-order valence-corrected chi connectivity index (χ3v) is 7.24. The van der Waals surface area contributed by atoms with E-state index >= 15 is 0 Å². The Balaban J connectivity index is 2.18. The van der Waals surface area contributed by atoms with Gasteiger partial charge in [-0.1, -0.05) is 72.9 Å². The van der Waals surface area contributed by atoms with Crippen LogP contribution in [0, 0.1) is 0 Å². The molecular weight excluding hydrogens is 487 g/mol. The number of rotatable bonds is 11. The van der Waals surface area contributed by atoms with Crippen LogP contribution in [0.25, 0.3) is 0 Å². The molecule has 0 heterocycles. The third-order valence-electron chi connectivity index (χ3n) is 5.16. The van der Waals surface area contributed by atoms with E-state index in [-0.39, 0.29) is 30.2 Å². The van der Waals surface area contributed by atoms with E-state index in [4.69, 9.17) is 34.8 Å². The van der Waals surface area contributed by atoms with Crippen LogP contribution in [0.2, 0.25) is 15.1 Å². The molecule has 0 saturated carbocycles. The van der Waals surface area contributed by atoms with Gasteiger partial charge >= 0.3 is 0 Å². The fourth-order valence-electron chi connectivity index (χ4n) is 3.14. The molecule has 2 rings (SSSR count). The van der Waals surface area contributed by atoms with Gasteiger partial charge in [0.2, 0.25) is 11.8 Å². The van der Waals surface area contributed by atoms with Crippen molar-refractivity contribution < 1.29 is 9.59 Å².